The zero-order valence-corrected chi connectivity index (χ0v) is 5.84. The van der Waals surface area contributed by atoms with Crippen LogP contribution in [-0.2, 0) is 0 Å². The summed E-state index contributed by atoms with van der Waals surface area (Å²) >= 11 is 5.38. The number of nitrogens with zero attached hydrogens (tertiary/aromatic N) is 1. The molecule has 0 aliphatic rings. The zero-order valence-electron chi connectivity index (χ0n) is 5.09. The minimum absolute atomic E-state index is 0.0254. The number of carbonyl (C=O) groups is 1. The molecule has 0 aliphatic carbocycles. The quantitative estimate of drug-likeness (QED) is 0.675. The fourth-order valence-electron chi connectivity index (χ4n) is 0.515. The average molecular weight is 162 g/mol. The second kappa shape index (κ2) is 2.30. The smallest absolute Gasteiger partial charge is 0.358 e. The molecule has 54 valence electrons. The van der Waals surface area contributed by atoms with Gasteiger partial charge in [0, 0.05) is 5.56 Å². The van der Waals surface area contributed by atoms with Crippen LogP contribution in [-0.4, -0.2) is 16.2 Å². The maximum atomic E-state index is 10.3. The molecule has 1 heterocycles. The first kappa shape index (κ1) is 7.08. The van der Waals surface area contributed by atoms with Crippen LogP contribution >= 0.6 is 11.6 Å². The topological polar surface area (TPSA) is 63.3 Å². The highest BCUT2D eigenvalue weighted by Gasteiger charge is 2.15. The Hall–Kier alpha value is -1.03. The summed E-state index contributed by atoms with van der Waals surface area (Å²) in [5.41, 5.74) is 0.221. The van der Waals surface area contributed by atoms with Crippen molar-refractivity contribution >= 4 is 17.6 Å². The number of rotatable bonds is 1. The van der Waals surface area contributed by atoms with Gasteiger partial charge in [-0.2, -0.15) is 0 Å². The predicted octanol–water partition coefficient (Wildman–Crippen LogP) is 1.33. The van der Waals surface area contributed by atoms with Crippen molar-refractivity contribution in [2.75, 3.05) is 0 Å². The van der Waals surface area contributed by atoms with Crippen LogP contribution in [0.15, 0.2) is 4.52 Å². The van der Waals surface area contributed by atoms with E-state index >= 15 is 0 Å². The minimum atomic E-state index is -1.13. The molecule has 1 N–H and O–H groups in total. The van der Waals surface area contributed by atoms with Crippen molar-refractivity contribution in [3.8, 4) is 0 Å². The highest BCUT2D eigenvalue weighted by molar-refractivity contribution is 6.29. The van der Waals surface area contributed by atoms with Gasteiger partial charge < -0.3 is 9.63 Å². The van der Waals surface area contributed by atoms with Gasteiger partial charge in [0.2, 0.25) is 5.22 Å². The number of hydrogen-bond donors (Lipinski definition) is 1. The molecule has 0 fully saturated rings. The van der Waals surface area contributed by atoms with Gasteiger partial charge >= 0.3 is 5.97 Å². The molecule has 0 atom stereocenters. The van der Waals surface area contributed by atoms with Gasteiger partial charge in [0.15, 0.2) is 5.69 Å². The third kappa shape index (κ3) is 0.974. The summed E-state index contributed by atoms with van der Waals surface area (Å²) < 4.78 is 4.39. The van der Waals surface area contributed by atoms with Crippen molar-refractivity contribution in [1.29, 1.82) is 0 Å². The van der Waals surface area contributed by atoms with Crippen molar-refractivity contribution in [1.82, 2.24) is 5.16 Å². The van der Waals surface area contributed by atoms with Gasteiger partial charge in [-0.3, -0.25) is 0 Å². The summed E-state index contributed by atoms with van der Waals surface area (Å²) in [6.07, 6.45) is 0. The van der Waals surface area contributed by atoms with Gasteiger partial charge in [0.25, 0.3) is 0 Å². The number of halogens is 1. The summed E-state index contributed by atoms with van der Waals surface area (Å²) in [5.74, 6) is -1.13. The highest BCUT2D eigenvalue weighted by Crippen LogP contribution is 2.17. The molecule has 1 rings (SSSR count). The van der Waals surface area contributed by atoms with Gasteiger partial charge in [-0.05, 0) is 18.5 Å². The lowest BCUT2D eigenvalue weighted by Crippen LogP contribution is -1.97. The summed E-state index contributed by atoms with van der Waals surface area (Å²) in [5, 5.41) is 11.6. The van der Waals surface area contributed by atoms with Crippen LogP contribution in [0, 0.1) is 6.92 Å². The zero-order chi connectivity index (χ0) is 7.72. The van der Waals surface area contributed by atoms with Crippen LogP contribution in [0.1, 0.15) is 16.1 Å². The predicted molar refractivity (Wildman–Crippen MR) is 33.2 cm³/mol. The first-order valence-electron chi connectivity index (χ1n) is 2.48. The molecule has 0 bridgehead atoms. The maximum Gasteiger partial charge on any atom is 0.358 e. The summed E-state index contributed by atoms with van der Waals surface area (Å²) in [7, 11) is 0. The van der Waals surface area contributed by atoms with Crippen molar-refractivity contribution in [3.63, 3.8) is 0 Å². The van der Waals surface area contributed by atoms with Crippen LogP contribution in [0.2, 0.25) is 5.22 Å². The largest absolute Gasteiger partial charge is 0.476 e. The summed E-state index contributed by atoms with van der Waals surface area (Å²) in [6, 6.07) is 0. The lowest BCUT2D eigenvalue weighted by molar-refractivity contribution is 0.0685. The van der Waals surface area contributed by atoms with E-state index in [0.717, 1.165) is 0 Å². The first-order valence-corrected chi connectivity index (χ1v) is 2.85. The van der Waals surface area contributed by atoms with Crippen LogP contribution in [0.3, 0.4) is 0 Å². The fourth-order valence-corrected chi connectivity index (χ4v) is 0.639. The Morgan fingerprint density at radius 3 is 2.60 bits per heavy atom. The number of aromatic carboxylic acids is 1. The molecule has 0 amide bonds. The molecule has 0 unspecified atom stereocenters. The first-order chi connectivity index (χ1) is 4.63. The average Bonchev–Trinajstić information content (AvgIpc) is 2.14. The third-order valence-electron chi connectivity index (χ3n) is 1.07. The van der Waals surface area contributed by atoms with Crippen molar-refractivity contribution in [2.24, 2.45) is 0 Å². The second-order valence-corrected chi connectivity index (χ2v) is 2.08. The van der Waals surface area contributed by atoms with E-state index in [1.165, 1.54) is 6.92 Å². The van der Waals surface area contributed by atoms with Gasteiger partial charge in [0.05, 0.1) is 0 Å². The molecule has 0 aliphatic heterocycles. The Morgan fingerprint density at radius 1 is 1.80 bits per heavy atom. The normalized spacial score (nSPS) is 9.80. The van der Waals surface area contributed by atoms with E-state index < -0.39 is 5.97 Å². The lowest BCUT2D eigenvalue weighted by atomic mass is 10.3. The molecule has 0 saturated heterocycles. The number of carboxylic acid groups (broad SMARTS) is 1. The van der Waals surface area contributed by atoms with E-state index in [1.54, 1.807) is 0 Å². The molecule has 0 aromatic carbocycles. The van der Waals surface area contributed by atoms with Crippen LogP contribution in [0.5, 0.6) is 0 Å². The summed E-state index contributed by atoms with van der Waals surface area (Å²) in [4.78, 5) is 10.3. The van der Waals surface area contributed by atoms with E-state index in [1.807, 2.05) is 0 Å². The Labute approximate surface area is 61.4 Å². The van der Waals surface area contributed by atoms with E-state index in [9.17, 15) is 4.79 Å². The molecule has 1 aromatic heterocycles. The SMILES string of the molecule is Cc1c(C(=O)O)noc1Cl. The van der Waals surface area contributed by atoms with Gasteiger partial charge in [-0.1, -0.05) is 5.16 Å². The lowest BCUT2D eigenvalue weighted by Gasteiger charge is -1.83. The monoisotopic (exact) mass is 161 g/mol. The Kier molecular flexibility index (Phi) is 1.63. The van der Waals surface area contributed by atoms with Gasteiger partial charge in [-0.25, -0.2) is 4.79 Å². The molecular weight excluding hydrogens is 158 g/mol. The third-order valence-corrected chi connectivity index (χ3v) is 1.42. The van der Waals surface area contributed by atoms with Gasteiger partial charge in [-0.15, -0.1) is 0 Å². The molecule has 1 aromatic rings. The molecule has 0 saturated carbocycles. The Bertz CT molecular complexity index is 268. The van der Waals surface area contributed by atoms with Crippen molar-refractivity contribution in [3.05, 3.63) is 16.5 Å². The van der Waals surface area contributed by atoms with E-state index in [0.29, 0.717) is 5.56 Å². The van der Waals surface area contributed by atoms with Crippen molar-refractivity contribution < 1.29 is 14.4 Å². The van der Waals surface area contributed by atoms with E-state index in [-0.39, 0.29) is 10.9 Å². The maximum absolute atomic E-state index is 10.3. The van der Waals surface area contributed by atoms with Crippen LogP contribution in [0.25, 0.3) is 0 Å². The Balaban J connectivity index is 3.17. The Morgan fingerprint density at radius 2 is 2.40 bits per heavy atom. The highest BCUT2D eigenvalue weighted by atomic mass is 35.5. The van der Waals surface area contributed by atoms with Crippen LogP contribution < -0.4 is 0 Å². The fraction of sp³-hybridized carbons (Fsp3) is 0.200. The number of hydrogen-bond acceptors (Lipinski definition) is 3. The van der Waals surface area contributed by atoms with E-state index in [4.69, 9.17) is 16.7 Å². The summed E-state index contributed by atoms with van der Waals surface area (Å²) in [6.45, 7) is 1.53. The molecule has 5 heteroatoms. The molecule has 0 spiro atoms. The molecular formula is C5H4ClNO3. The van der Waals surface area contributed by atoms with Gasteiger partial charge in [0.1, 0.15) is 0 Å². The number of aromatic nitrogens is 1. The number of carboxylic acids is 1. The molecule has 10 heavy (non-hydrogen) atoms. The molecule has 4 nitrogen and oxygen atoms in total. The standard InChI is InChI=1S/C5H4ClNO3/c1-2-3(5(8)9)7-10-4(2)6/h1H3,(H,8,9). The van der Waals surface area contributed by atoms with E-state index in [2.05, 4.69) is 9.68 Å². The second-order valence-electron chi connectivity index (χ2n) is 1.74. The van der Waals surface area contributed by atoms with Crippen LogP contribution in [0.4, 0.5) is 0 Å². The minimum Gasteiger partial charge on any atom is -0.476 e. The molecule has 0 radical (unpaired) electrons. The van der Waals surface area contributed by atoms with Crippen molar-refractivity contribution in [2.45, 2.75) is 6.92 Å².